The van der Waals surface area contributed by atoms with Crippen LogP contribution in [0.4, 0.5) is 4.39 Å². The maximum absolute atomic E-state index is 14.4. The van der Waals surface area contributed by atoms with Crippen molar-refractivity contribution in [1.82, 2.24) is 14.8 Å². The smallest absolute Gasteiger partial charge is 0.332 e. The highest BCUT2D eigenvalue weighted by molar-refractivity contribution is 5.99. The third-order valence-corrected chi connectivity index (χ3v) is 7.29. The summed E-state index contributed by atoms with van der Waals surface area (Å²) < 4.78 is 33.2. The summed E-state index contributed by atoms with van der Waals surface area (Å²) in [6, 6.07) is 9.06. The zero-order chi connectivity index (χ0) is 24.1. The van der Waals surface area contributed by atoms with Crippen molar-refractivity contribution in [3.8, 4) is 11.4 Å². The molecule has 4 aromatic rings. The molecule has 2 saturated heterocycles. The van der Waals surface area contributed by atoms with Gasteiger partial charge in [0.2, 0.25) is 0 Å². The second kappa shape index (κ2) is 8.66. The molecule has 0 radical (unpaired) electrons. The predicted molar refractivity (Wildman–Crippen MR) is 127 cm³/mol. The number of carboxylic acids is 1. The fourth-order valence-corrected chi connectivity index (χ4v) is 5.64. The van der Waals surface area contributed by atoms with Crippen molar-refractivity contribution in [3.05, 3.63) is 53.6 Å². The molecule has 35 heavy (non-hydrogen) atoms. The Hall–Kier alpha value is -3.43. The first-order chi connectivity index (χ1) is 17.0. The summed E-state index contributed by atoms with van der Waals surface area (Å²) in [5.74, 6) is -1.08. The summed E-state index contributed by atoms with van der Waals surface area (Å²) in [4.78, 5) is 11.7. The molecular formula is C26H26FN3O5. The normalized spacial score (nSPS) is 21.2. The molecule has 8 nitrogen and oxygen atoms in total. The van der Waals surface area contributed by atoms with E-state index in [2.05, 4.69) is 26.9 Å². The SMILES string of the molecule is COc1cc(-n2c(C3CCOCC3)c(C3CO[C@@H](C(=O)O)C3)c3cc4[nH]ncc4cc32)ccc1F. The molecule has 2 aromatic carbocycles. The fraction of sp³-hybridized carbons (Fsp3) is 0.385. The number of rotatable bonds is 5. The van der Waals surface area contributed by atoms with E-state index in [1.807, 2.05) is 0 Å². The lowest BCUT2D eigenvalue weighted by Crippen LogP contribution is -2.20. The van der Waals surface area contributed by atoms with E-state index in [0.717, 1.165) is 51.6 Å². The number of aliphatic carboxylic acids is 1. The molecule has 2 aliphatic rings. The van der Waals surface area contributed by atoms with Gasteiger partial charge < -0.3 is 23.9 Å². The number of benzene rings is 2. The van der Waals surface area contributed by atoms with E-state index < -0.39 is 17.9 Å². The van der Waals surface area contributed by atoms with E-state index >= 15 is 0 Å². The van der Waals surface area contributed by atoms with E-state index in [-0.39, 0.29) is 17.6 Å². The number of H-pyrrole nitrogens is 1. The number of aromatic amines is 1. The summed E-state index contributed by atoms with van der Waals surface area (Å²) in [5.41, 5.74) is 4.85. The number of carbonyl (C=O) groups is 1. The van der Waals surface area contributed by atoms with Crippen molar-refractivity contribution in [2.45, 2.75) is 37.2 Å². The molecule has 2 aliphatic heterocycles. The lowest BCUT2D eigenvalue weighted by Gasteiger charge is -2.27. The quantitative estimate of drug-likeness (QED) is 0.437. The summed E-state index contributed by atoms with van der Waals surface area (Å²) in [7, 11) is 1.46. The van der Waals surface area contributed by atoms with Crippen molar-refractivity contribution >= 4 is 27.8 Å². The van der Waals surface area contributed by atoms with Gasteiger partial charge in [-0.05, 0) is 49.1 Å². The number of nitrogens with one attached hydrogen (secondary N) is 1. The first-order valence-electron chi connectivity index (χ1n) is 11.8. The summed E-state index contributed by atoms with van der Waals surface area (Å²) in [5, 5.41) is 18.8. The van der Waals surface area contributed by atoms with Crippen molar-refractivity contribution in [1.29, 1.82) is 0 Å². The van der Waals surface area contributed by atoms with E-state index in [4.69, 9.17) is 14.2 Å². The van der Waals surface area contributed by atoms with E-state index in [1.54, 1.807) is 18.3 Å². The van der Waals surface area contributed by atoms with Crippen molar-refractivity contribution in [3.63, 3.8) is 0 Å². The molecule has 9 heteroatoms. The Balaban J connectivity index is 1.66. The zero-order valence-corrected chi connectivity index (χ0v) is 19.3. The van der Waals surface area contributed by atoms with Gasteiger partial charge in [-0.1, -0.05) is 0 Å². The molecule has 6 rings (SSSR count). The first-order valence-corrected chi connectivity index (χ1v) is 11.8. The monoisotopic (exact) mass is 479 g/mol. The van der Waals surface area contributed by atoms with Crippen LogP contribution in [0.15, 0.2) is 36.5 Å². The van der Waals surface area contributed by atoms with Gasteiger partial charge in [-0.25, -0.2) is 9.18 Å². The van der Waals surface area contributed by atoms with Crippen LogP contribution in [-0.4, -0.2) is 58.9 Å². The number of ether oxygens (including phenoxy) is 3. The van der Waals surface area contributed by atoms with Crippen molar-refractivity contribution in [2.24, 2.45) is 0 Å². The molecule has 2 fully saturated rings. The van der Waals surface area contributed by atoms with Gasteiger partial charge in [-0.3, -0.25) is 5.10 Å². The summed E-state index contributed by atoms with van der Waals surface area (Å²) in [6.45, 7) is 1.64. The Labute approximate surface area is 200 Å². The number of aromatic nitrogens is 3. The average Bonchev–Trinajstić information content (AvgIpc) is 3.60. The molecule has 0 bridgehead atoms. The fourth-order valence-electron chi connectivity index (χ4n) is 5.64. The molecule has 0 spiro atoms. The van der Waals surface area contributed by atoms with E-state index in [9.17, 15) is 14.3 Å². The minimum atomic E-state index is -0.942. The topological polar surface area (TPSA) is 98.6 Å². The van der Waals surface area contributed by atoms with Crippen LogP contribution in [0.25, 0.3) is 27.5 Å². The number of hydrogen-bond donors (Lipinski definition) is 2. The summed E-state index contributed by atoms with van der Waals surface area (Å²) in [6.07, 6.45) is 3.04. The molecule has 2 aromatic heterocycles. The van der Waals surface area contributed by atoms with Crippen LogP contribution in [0.5, 0.6) is 5.75 Å². The van der Waals surface area contributed by atoms with Gasteiger partial charge in [0.05, 0.1) is 30.9 Å². The second-order valence-electron chi connectivity index (χ2n) is 9.26. The summed E-state index contributed by atoms with van der Waals surface area (Å²) >= 11 is 0. The van der Waals surface area contributed by atoms with Crippen LogP contribution < -0.4 is 4.74 Å². The third kappa shape index (κ3) is 3.66. The van der Waals surface area contributed by atoms with Gasteiger partial charge in [-0.15, -0.1) is 0 Å². The number of methoxy groups -OCH3 is 1. The Morgan fingerprint density at radius 1 is 1.23 bits per heavy atom. The van der Waals surface area contributed by atoms with Crippen LogP contribution in [0.2, 0.25) is 0 Å². The number of fused-ring (bicyclic) bond motifs is 2. The van der Waals surface area contributed by atoms with Crippen LogP contribution in [0.1, 0.15) is 42.4 Å². The van der Waals surface area contributed by atoms with Crippen LogP contribution in [-0.2, 0) is 14.3 Å². The number of nitrogens with zero attached hydrogens (tertiary/aromatic N) is 2. The molecule has 0 amide bonds. The Morgan fingerprint density at radius 3 is 2.80 bits per heavy atom. The third-order valence-electron chi connectivity index (χ3n) is 7.29. The van der Waals surface area contributed by atoms with Crippen LogP contribution >= 0.6 is 0 Å². The van der Waals surface area contributed by atoms with Crippen molar-refractivity contribution in [2.75, 3.05) is 26.9 Å². The Kier molecular flexibility index (Phi) is 5.46. The Morgan fingerprint density at radius 2 is 2.06 bits per heavy atom. The van der Waals surface area contributed by atoms with Gasteiger partial charge in [-0.2, -0.15) is 5.10 Å². The number of hydrogen-bond acceptors (Lipinski definition) is 5. The number of carboxylic acid groups (broad SMARTS) is 1. The van der Waals surface area contributed by atoms with Gasteiger partial charge in [0.15, 0.2) is 17.7 Å². The second-order valence-corrected chi connectivity index (χ2v) is 9.26. The largest absolute Gasteiger partial charge is 0.494 e. The predicted octanol–water partition coefficient (Wildman–Crippen LogP) is 4.51. The van der Waals surface area contributed by atoms with Crippen LogP contribution in [0.3, 0.4) is 0 Å². The number of halogens is 1. The first kappa shape index (κ1) is 22.1. The molecule has 0 aliphatic carbocycles. The molecule has 2 N–H and O–H groups in total. The lowest BCUT2D eigenvalue weighted by atomic mass is 9.86. The van der Waals surface area contributed by atoms with E-state index in [1.165, 1.54) is 13.2 Å². The molecule has 2 atom stereocenters. The maximum Gasteiger partial charge on any atom is 0.332 e. The van der Waals surface area contributed by atoms with E-state index in [0.29, 0.717) is 26.2 Å². The molecule has 4 heterocycles. The highest BCUT2D eigenvalue weighted by Crippen LogP contribution is 2.45. The Bertz CT molecular complexity index is 1420. The molecule has 1 unspecified atom stereocenters. The molecular weight excluding hydrogens is 453 g/mol. The van der Waals surface area contributed by atoms with Gasteiger partial charge in [0.25, 0.3) is 0 Å². The molecule has 182 valence electrons. The average molecular weight is 480 g/mol. The lowest BCUT2D eigenvalue weighted by molar-refractivity contribution is -0.147. The zero-order valence-electron chi connectivity index (χ0n) is 19.3. The highest BCUT2D eigenvalue weighted by atomic mass is 19.1. The van der Waals surface area contributed by atoms with Crippen LogP contribution in [0, 0.1) is 5.82 Å². The van der Waals surface area contributed by atoms with Gasteiger partial charge >= 0.3 is 5.97 Å². The molecule has 0 saturated carbocycles. The minimum absolute atomic E-state index is 0.0830. The standard InChI is InChI=1S/C26H26FN3O5/c1-33-22-10-17(2-3-19(22)27)30-21-8-15-12-28-29-20(15)11-18(21)24(16-9-23(26(31)32)35-13-16)25(30)14-4-6-34-7-5-14/h2-3,8,10-12,14,16,23H,4-7,9,13H2,1H3,(H,28,29)(H,31,32)/t16?,23-/m1/s1. The highest BCUT2D eigenvalue weighted by Gasteiger charge is 2.37. The maximum atomic E-state index is 14.4. The minimum Gasteiger partial charge on any atom is -0.494 e. The van der Waals surface area contributed by atoms with Gasteiger partial charge in [0, 0.05) is 53.3 Å². The van der Waals surface area contributed by atoms with Crippen molar-refractivity contribution < 1.29 is 28.5 Å². The van der Waals surface area contributed by atoms with Gasteiger partial charge in [0.1, 0.15) is 0 Å².